The van der Waals surface area contributed by atoms with Crippen molar-refractivity contribution in [3.8, 4) is 5.75 Å². The van der Waals surface area contributed by atoms with Crippen LogP contribution in [-0.4, -0.2) is 92.7 Å². The number of hydrogen-bond acceptors (Lipinski definition) is 5. The lowest BCUT2D eigenvalue weighted by Gasteiger charge is -2.39. The van der Waals surface area contributed by atoms with E-state index in [0.29, 0.717) is 45.8 Å². The Kier molecular flexibility index (Phi) is 6.29. The summed E-state index contributed by atoms with van der Waals surface area (Å²) in [6.45, 7) is 4.90. The highest BCUT2D eigenvalue weighted by molar-refractivity contribution is 5.85. The Bertz CT molecular complexity index is 762. The average Bonchev–Trinajstić information content (AvgIpc) is 2.97. The molecule has 0 aliphatic carbocycles. The summed E-state index contributed by atoms with van der Waals surface area (Å²) in [5.74, 6) is 1.20. The van der Waals surface area contributed by atoms with Crippen LogP contribution in [-0.2, 0) is 20.7 Å². The Hall–Kier alpha value is -2.12. The topological polar surface area (TPSA) is 62.3 Å². The third kappa shape index (κ3) is 4.05. The third-order valence-electron chi connectivity index (χ3n) is 7.17. The molecule has 0 aromatic heterocycles. The molecule has 0 saturated carbocycles. The molecule has 164 valence electrons. The van der Waals surface area contributed by atoms with Crippen LogP contribution < -0.4 is 4.74 Å². The average molecular weight is 416 g/mol. The zero-order chi connectivity index (χ0) is 21.1. The summed E-state index contributed by atoms with van der Waals surface area (Å²) in [6.07, 6.45) is 2.85. The van der Waals surface area contributed by atoms with Gasteiger partial charge in [0.05, 0.1) is 32.2 Å². The smallest absolute Gasteiger partial charge is 0.230 e. The van der Waals surface area contributed by atoms with Gasteiger partial charge in [-0.15, -0.1) is 0 Å². The Morgan fingerprint density at radius 2 is 1.73 bits per heavy atom. The Balaban J connectivity index is 1.46. The van der Waals surface area contributed by atoms with Crippen LogP contribution in [0.4, 0.5) is 0 Å². The molecule has 1 aromatic carbocycles. The van der Waals surface area contributed by atoms with Crippen molar-refractivity contribution in [2.75, 3.05) is 60.1 Å². The molecule has 3 aliphatic heterocycles. The summed E-state index contributed by atoms with van der Waals surface area (Å²) in [6, 6.07) is 7.87. The normalized spacial score (nSPS) is 27.5. The van der Waals surface area contributed by atoms with Gasteiger partial charge in [0.2, 0.25) is 11.8 Å². The van der Waals surface area contributed by atoms with E-state index in [1.54, 1.807) is 7.11 Å². The van der Waals surface area contributed by atoms with Gasteiger partial charge in [-0.3, -0.25) is 9.59 Å². The number of carbonyl (C=O) groups excluding carboxylic acids is 2. The Morgan fingerprint density at radius 1 is 1.03 bits per heavy atom. The molecule has 3 aliphatic rings. The van der Waals surface area contributed by atoms with Crippen molar-refractivity contribution >= 4 is 11.8 Å². The number of benzene rings is 1. The van der Waals surface area contributed by atoms with Crippen molar-refractivity contribution in [1.82, 2.24) is 14.7 Å². The van der Waals surface area contributed by atoms with E-state index in [-0.39, 0.29) is 23.3 Å². The fourth-order valence-corrected chi connectivity index (χ4v) is 5.35. The molecule has 30 heavy (non-hydrogen) atoms. The highest BCUT2D eigenvalue weighted by atomic mass is 16.5. The number of morpholine rings is 1. The second-order valence-corrected chi connectivity index (χ2v) is 8.75. The number of methoxy groups -OCH3 is 1. The van der Waals surface area contributed by atoms with Crippen molar-refractivity contribution in [1.29, 1.82) is 0 Å². The van der Waals surface area contributed by atoms with E-state index < -0.39 is 0 Å². The standard InChI is InChI=1S/C23H33N3O4/c1-24-11-8-23(22(28)26-13-15-30-16-14-26)9-12-25(10-7-20(23)24)21(27)17-18-3-5-19(29-2)6-4-18/h3-6,20H,7-17H2,1-2H3/t20-,23-/m1/s1. The van der Waals surface area contributed by atoms with Crippen LogP contribution in [0.1, 0.15) is 24.8 Å². The van der Waals surface area contributed by atoms with Crippen molar-refractivity contribution in [3.05, 3.63) is 29.8 Å². The summed E-state index contributed by atoms with van der Waals surface area (Å²) >= 11 is 0. The van der Waals surface area contributed by atoms with Crippen LogP contribution in [0.2, 0.25) is 0 Å². The molecule has 3 fully saturated rings. The number of ether oxygens (including phenoxy) is 2. The zero-order valence-electron chi connectivity index (χ0n) is 18.1. The van der Waals surface area contributed by atoms with Crippen LogP contribution in [0, 0.1) is 5.41 Å². The molecule has 1 aromatic rings. The van der Waals surface area contributed by atoms with E-state index in [1.165, 1.54) is 0 Å². The van der Waals surface area contributed by atoms with Crippen LogP contribution in [0.25, 0.3) is 0 Å². The van der Waals surface area contributed by atoms with Gasteiger partial charge in [-0.2, -0.15) is 0 Å². The molecule has 0 N–H and O–H groups in total. The van der Waals surface area contributed by atoms with Crippen molar-refractivity contribution in [2.24, 2.45) is 5.41 Å². The number of hydrogen-bond donors (Lipinski definition) is 0. The van der Waals surface area contributed by atoms with Gasteiger partial charge >= 0.3 is 0 Å². The number of amides is 2. The molecule has 7 heteroatoms. The number of likely N-dealkylation sites (tertiary alicyclic amines) is 2. The third-order valence-corrected chi connectivity index (χ3v) is 7.17. The maximum absolute atomic E-state index is 13.6. The first-order valence-electron chi connectivity index (χ1n) is 11.0. The van der Waals surface area contributed by atoms with Gasteiger partial charge in [-0.25, -0.2) is 0 Å². The summed E-state index contributed by atoms with van der Waals surface area (Å²) in [5, 5.41) is 0. The molecular weight excluding hydrogens is 382 g/mol. The molecule has 0 unspecified atom stereocenters. The fourth-order valence-electron chi connectivity index (χ4n) is 5.35. The minimum Gasteiger partial charge on any atom is -0.497 e. The summed E-state index contributed by atoms with van der Waals surface area (Å²) in [5.41, 5.74) is 0.614. The second-order valence-electron chi connectivity index (χ2n) is 8.75. The first-order valence-corrected chi connectivity index (χ1v) is 11.0. The Labute approximate surface area is 178 Å². The molecule has 0 spiro atoms. The largest absolute Gasteiger partial charge is 0.497 e. The summed E-state index contributed by atoms with van der Waals surface area (Å²) < 4.78 is 10.6. The molecule has 3 saturated heterocycles. The lowest BCUT2D eigenvalue weighted by atomic mass is 9.75. The first kappa shape index (κ1) is 21.1. The molecule has 3 heterocycles. The van der Waals surface area contributed by atoms with E-state index in [4.69, 9.17) is 9.47 Å². The predicted octanol–water partition coefficient (Wildman–Crippen LogP) is 1.41. The SMILES string of the molecule is COc1ccc(CC(=O)N2CC[C@H]3N(C)CC[C@@]3(C(=O)N3CCOCC3)CC2)cc1. The van der Waals surface area contributed by atoms with Gasteiger partial charge < -0.3 is 24.2 Å². The fraction of sp³-hybridized carbons (Fsp3) is 0.652. The van der Waals surface area contributed by atoms with E-state index >= 15 is 0 Å². The van der Waals surface area contributed by atoms with E-state index in [9.17, 15) is 9.59 Å². The first-order chi connectivity index (χ1) is 14.5. The van der Waals surface area contributed by atoms with Crippen LogP contribution in [0.15, 0.2) is 24.3 Å². The van der Waals surface area contributed by atoms with Gasteiger partial charge in [0.25, 0.3) is 0 Å². The molecule has 0 bridgehead atoms. The number of fused-ring (bicyclic) bond motifs is 1. The highest BCUT2D eigenvalue weighted by Crippen LogP contribution is 2.44. The maximum atomic E-state index is 13.6. The minimum atomic E-state index is -0.374. The number of carbonyl (C=O) groups is 2. The predicted molar refractivity (Wildman–Crippen MR) is 113 cm³/mol. The lowest BCUT2D eigenvalue weighted by molar-refractivity contribution is -0.148. The van der Waals surface area contributed by atoms with Gasteiger partial charge in [-0.05, 0) is 50.6 Å². The van der Waals surface area contributed by atoms with Gasteiger partial charge in [0, 0.05) is 32.2 Å². The monoisotopic (exact) mass is 415 g/mol. The minimum absolute atomic E-state index is 0.136. The molecule has 4 rings (SSSR count). The van der Waals surface area contributed by atoms with E-state index in [0.717, 1.165) is 37.1 Å². The molecule has 7 nitrogen and oxygen atoms in total. The van der Waals surface area contributed by atoms with E-state index in [1.807, 2.05) is 34.1 Å². The molecule has 2 amide bonds. The molecule has 2 atom stereocenters. The van der Waals surface area contributed by atoms with Crippen LogP contribution in [0.3, 0.4) is 0 Å². The summed E-state index contributed by atoms with van der Waals surface area (Å²) in [7, 11) is 3.76. The van der Waals surface area contributed by atoms with Crippen molar-refractivity contribution < 1.29 is 19.1 Å². The van der Waals surface area contributed by atoms with Gasteiger partial charge in [-0.1, -0.05) is 12.1 Å². The zero-order valence-corrected chi connectivity index (χ0v) is 18.1. The second kappa shape index (κ2) is 8.94. The molecular formula is C23H33N3O4. The number of rotatable bonds is 4. The van der Waals surface area contributed by atoms with Crippen LogP contribution in [0.5, 0.6) is 5.75 Å². The summed E-state index contributed by atoms with van der Waals surface area (Å²) in [4.78, 5) is 32.9. The van der Waals surface area contributed by atoms with Crippen molar-refractivity contribution in [2.45, 2.75) is 31.7 Å². The van der Waals surface area contributed by atoms with Gasteiger partial charge in [0.15, 0.2) is 0 Å². The van der Waals surface area contributed by atoms with Crippen molar-refractivity contribution in [3.63, 3.8) is 0 Å². The maximum Gasteiger partial charge on any atom is 0.230 e. The molecule has 0 radical (unpaired) electrons. The quantitative estimate of drug-likeness (QED) is 0.744. The van der Waals surface area contributed by atoms with E-state index in [2.05, 4.69) is 11.9 Å². The number of nitrogens with zero attached hydrogens (tertiary/aromatic N) is 3. The Morgan fingerprint density at radius 3 is 2.43 bits per heavy atom. The van der Waals surface area contributed by atoms with Crippen LogP contribution >= 0.6 is 0 Å². The highest BCUT2D eigenvalue weighted by Gasteiger charge is 2.53. The van der Waals surface area contributed by atoms with Gasteiger partial charge in [0.1, 0.15) is 5.75 Å². The lowest BCUT2D eigenvalue weighted by Crippen LogP contribution is -2.53.